The van der Waals surface area contributed by atoms with E-state index >= 15 is 0 Å². The minimum Gasteiger partial charge on any atom is -0.355 e. The molecule has 0 bridgehead atoms. The van der Waals surface area contributed by atoms with Gasteiger partial charge in [-0.3, -0.25) is 9.69 Å². The molecule has 0 aromatic heterocycles. The van der Waals surface area contributed by atoms with Gasteiger partial charge in [-0.15, -0.1) is 12.3 Å². The van der Waals surface area contributed by atoms with Gasteiger partial charge in [0.1, 0.15) is 0 Å². The number of carbonyl (C=O) groups is 1. The third-order valence-electron chi connectivity index (χ3n) is 1.91. The number of nitrogens with zero attached hydrogens (tertiary/aromatic N) is 1. The van der Waals surface area contributed by atoms with Gasteiger partial charge in [-0.05, 0) is 6.42 Å². The second-order valence-electron chi connectivity index (χ2n) is 2.93. The summed E-state index contributed by atoms with van der Waals surface area (Å²) in [6, 6.07) is 0. The van der Waals surface area contributed by atoms with Crippen LogP contribution in [0.1, 0.15) is 12.8 Å². The van der Waals surface area contributed by atoms with E-state index in [1.807, 2.05) is 0 Å². The van der Waals surface area contributed by atoms with Crippen molar-refractivity contribution in [2.75, 3.05) is 26.2 Å². The monoisotopic (exact) mass is 166 g/mol. The van der Waals surface area contributed by atoms with Crippen LogP contribution in [0.4, 0.5) is 0 Å². The molecule has 1 N–H and O–H groups in total. The molecule has 1 heterocycles. The zero-order valence-electron chi connectivity index (χ0n) is 7.18. The van der Waals surface area contributed by atoms with Gasteiger partial charge in [-0.1, -0.05) is 0 Å². The first kappa shape index (κ1) is 9.08. The third kappa shape index (κ3) is 2.93. The van der Waals surface area contributed by atoms with Gasteiger partial charge < -0.3 is 5.32 Å². The van der Waals surface area contributed by atoms with Crippen LogP contribution in [0.3, 0.4) is 0 Å². The van der Waals surface area contributed by atoms with E-state index in [2.05, 4.69) is 16.1 Å². The third-order valence-corrected chi connectivity index (χ3v) is 1.91. The molecule has 0 atom stereocenters. The minimum atomic E-state index is 0.115. The molecule has 0 saturated carbocycles. The van der Waals surface area contributed by atoms with Gasteiger partial charge in [-0.25, -0.2) is 0 Å². The van der Waals surface area contributed by atoms with Gasteiger partial charge in [0, 0.05) is 26.1 Å². The largest absolute Gasteiger partial charge is 0.355 e. The summed E-state index contributed by atoms with van der Waals surface area (Å²) in [5.41, 5.74) is 0. The molecule has 66 valence electrons. The standard InChI is InChI=1S/C9H14N2O/c1-2-3-6-11-7-4-5-10-9(12)8-11/h1H,3-8H2,(H,10,12). The SMILES string of the molecule is C#CCCN1CCCNC(=O)C1. The Hall–Kier alpha value is -1.01. The van der Waals surface area contributed by atoms with Crippen molar-refractivity contribution in [1.82, 2.24) is 10.2 Å². The molecule has 0 spiro atoms. The van der Waals surface area contributed by atoms with Crippen LogP contribution >= 0.6 is 0 Å². The van der Waals surface area contributed by atoms with Gasteiger partial charge in [0.25, 0.3) is 0 Å². The predicted octanol–water partition coefficient (Wildman–Crippen LogP) is -0.168. The smallest absolute Gasteiger partial charge is 0.234 e. The van der Waals surface area contributed by atoms with Crippen LogP contribution in [0.25, 0.3) is 0 Å². The molecule has 3 heteroatoms. The lowest BCUT2D eigenvalue weighted by Gasteiger charge is -2.16. The lowest BCUT2D eigenvalue weighted by atomic mass is 10.3. The Kier molecular flexibility index (Phi) is 3.62. The van der Waals surface area contributed by atoms with E-state index in [0.29, 0.717) is 6.54 Å². The van der Waals surface area contributed by atoms with E-state index in [9.17, 15) is 4.79 Å². The number of amides is 1. The maximum Gasteiger partial charge on any atom is 0.234 e. The van der Waals surface area contributed by atoms with Crippen molar-refractivity contribution in [1.29, 1.82) is 0 Å². The van der Waals surface area contributed by atoms with Gasteiger partial charge >= 0.3 is 0 Å². The molecule has 0 aromatic rings. The average molecular weight is 166 g/mol. The molecule has 1 aliphatic heterocycles. The Morgan fingerprint density at radius 2 is 2.50 bits per heavy atom. The van der Waals surface area contributed by atoms with Crippen LogP contribution in [0.5, 0.6) is 0 Å². The summed E-state index contributed by atoms with van der Waals surface area (Å²) in [6.45, 7) is 3.11. The first-order valence-electron chi connectivity index (χ1n) is 4.25. The first-order valence-corrected chi connectivity index (χ1v) is 4.25. The molecule has 1 amide bonds. The van der Waals surface area contributed by atoms with Crippen LogP contribution in [-0.2, 0) is 4.79 Å². The maximum atomic E-state index is 11.1. The van der Waals surface area contributed by atoms with Gasteiger partial charge in [0.05, 0.1) is 6.54 Å². The molecule has 0 radical (unpaired) electrons. The number of hydrogen-bond donors (Lipinski definition) is 1. The summed E-state index contributed by atoms with van der Waals surface area (Å²) >= 11 is 0. The average Bonchev–Trinajstić information content (AvgIpc) is 2.26. The summed E-state index contributed by atoms with van der Waals surface area (Å²) in [7, 11) is 0. The molecule has 0 aromatic carbocycles. The second kappa shape index (κ2) is 4.78. The fraction of sp³-hybridized carbons (Fsp3) is 0.667. The molecule has 1 saturated heterocycles. The van der Waals surface area contributed by atoms with Crippen molar-refractivity contribution in [3.63, 3.8) is 0 Å². The van der Waals surface area contributed by atoms with Crippen molar-refractivity contribution in [3.8, 4) is 12.3 Å². The van der Waals surface area contributed by atoms with Gasteiger partial charge in [0.15, 0.2) is 0 Å². The van der Waals surface area contributed by atoms with E-state index in [1.165, 1.54) is 0 Å². The molecule has 3 nitrogen and oxygen atoms in total. The summed E-state index contributed by atoms with van der Waals surface area (Å²) in [5.74, 6) is 2.69. The maximum absolute atomic E-state index is 11.1. The highest BCUT2D eigenvalue weighted by Gasteiger charge is 2.12. The predicted molar refractivity (Wildman–Crippen MR) is 47.5 cm³/mol. The van der Waals surface area contributed by atoms with E-state index in [1.54, 1.807) is 0 Å². The number of nitrogens with one attached hydrogen (secondary N) is 1. The lowest BCUT2D eigenvalue weighted by Crippen LogP contribution is -2.33. The summed E-state index contributed by atoms with van der Waals surface area (Å²) in [6.07, 6.45) is 6.90. The van der Waals surface area contributed by atoms with Crippen molar-refractivity contribution in [2.24, 2.45) is 0 Å². The summed E-state index contributed by atoms with van der Waals surface area (Å²) < 4.78 is 0. The quantitative estimate of drug-likeness (QED) is 0.578. The molecule has 1 fully saturated rings. The van der Waals surface area contributed by atoms with E-state index in [4.69, 9.17) is 6.42 Å². The number of carbonyl (C=O) groups excluding carboxylic acids is 1. The van der Waals surface area contributed by atoms with Gasteiger partial charge in [-0.2, -0.15) is 0 Å². The molecule has 1 aliphatic rings. The minimum absolute atomic E-state index is 0.115. The van der Waals surface area contributed by atoms with E-state index in [0.717, 1.165) is 32.5 Å². The van der Waals surface area contributed by atoms with Crippen LogP contribution in [0, 0.1) is 12.3 Å². The Balaban J connectivity index is 2.32. The molecule has 0 unspecified atom stereocenters. The normalized spacial score (nSPS) is 19.4. The van der Waals surface area contributed by atoms with Crippen molar-refractivity contribution >= 4 is 5.91 Å². The van der Waals surface area contributed by atoms with Crippen LogP contribution in [0.2, 0.25) is 0 Å². The Labute approximate surface area is 73.1 Å². The van der Waals surface area contributed by atoms with Crippen LogP contribution in [-0.4, -0.2) is 37.0 Å². The highest BCUT2D eigenvalue weighted by Crippen LogP contribution is 1.96. The van der Waals surface area contributed by atoms with E-state index < -0.39 is 0 Å². The zero-order chi connectivity index (χ0) is 8.81. The highest BCUT2D eigenvalue weighted by atomic mass is 16.2. The number of terminal acetylenes is 1. The summed E-state index contributed by atoms with van der Waals surface area (Å²) in [4.78, 5) is 13.2. The number of hydrogen-bond acceptors (Lipinski definition) is 2. The van der Waals surface area contributed by atoms with Crippen LogP contribution < -0.4 is 5.32 Å². The fourth-order valence-corrected chi connectivity index (χ4v) is 1.28. The summed E-state index contributed by atoms with van der Waals surface area (Å²) in [5, 5.41) is 2.82. The molecule has 0 aliphatic carbocycles. The molecular weight excluding hydrogens is 152 g/mol. The first-order chi connectivity index (χ1) is 5.83. The fourth-order valence-electron chi connectivity index (χ4n) is 1.28. The zero-order valence-corrected chi connectivity index (χ0v) is 7.18. The Morgan fingerprint density at radius 3 is 3.25 bits per heavy atom. The Morgan fingerprint density at radius 1 is 1.67 bits per heavy atom. The molecule has 1 rings (SSSR count). The highest BCUT2D eigenvalue weighted by molar-refractivity contribution is 5.78. The molecular formula is C9H14N2O. The lowest BCUT2D eigenvalue weighted by molar-refractivity contribution is -0.121. The van der Waals surface area contributed by atoms with Crippen molar-refractivity contribution in [3.05, 3.63) is 0 Å². The van der Waals surface area contributed by atoms with Gasteiger partial charge in [0.2, 0.25) is 5.91 Å². The second-order valence-corrected chi connectivity index (χ2v) is 2.93. The molecule has 12 heavy (non-hydrogen) atoms. The Bertz CT molecular complexity index is 195. The van der Waals surface area contributed by atoms with Crippen molar-refractivity contribution in [2.45, 2.75) is 12.8 Å². The van der Waals surface area contributed by atoms with Crippen molar-refractivity contribution < 1.29 is 4.79 Å². The van der Waals surface area contributed by atoms with Crippen LogP contribution in [0.15, 0.2) is 0 Å². The van der Waals surface area contributed by atoms with E-state index in [-0.39, 0.29) is 5.91 Å². The number of rotatable bonds is 2. The topological polar surface area (TPSA) is 32.3 Å².